The molecule has 0 aliphatic rings. The normalized spacial score (nSPS) is 15.1. The molecule has 4 N–H and O–H groups in total. The van der Waals surface area contributed by atoms with Crippen LogP contribution >= 0.6 is 12.6 Å². The minimum atomic E-state index is -1.38. The van der Waals surface area contributed by atoms with Gasteiger partial charge in [0, 0.05) is 5.75 Å². The molecular formula is C5H10N2O3S. The number of nitrogens with two attached hydrogens (primary N) is 1. The topological polar surface area (TPSA) is 92.4 Å². The third kappa shape index (κ3) is 2.67. The standard InChI is InChI=1S/C5H10N2O3S/c1-5(2-11,3(8)9)7-4(6)10/h11H,2H2,1H3,(H,8,9)(H3,6,7,10)/t5-/m0/s1. The van der Waals surface area contributed by atoms with Crippen molar-refractivity contribution in [3.63, 3.8) is 0 Å². The highest BCUT2D eigenvalue weighted by Gasteiger charge is 2.32. The molecule has 0 rings (SSSR count). The number of rotatable bonds is 3. The monoisotopic (exact) mass is 178 g/mol. The van der Waals surface area contributed by atoms with Crippen molar-refractivity contribution >= 4 is 24.6 Å². The first kappa shape index (κ1) is 10.1. The van der Waals surface area contributed by atoms with Crippen molar-refractivity contribution in [3.05, 3.63) is 0 Å². The quantitative estimate of drug-likeness (QED) is 0.436. The summed E-state index contributed by atoms with van der Waals surface area (Å²) in [6.07, 6.45) is 0. The van der Waals surface area contributed by atoms with E-state index in [1.807, 2.05) is 0 Å². The van der Waals surface area contributed by atoms with Crippen LogP contribution in [-0.2, 0) is 4.79 Å². The van der Waals surface area contributed by atoms with E-state index in [9.17, 15) is 9.59 Å². The Morgan fingerprint density at radius 2 is 2.18 bits per heavy atom. The number of urea groups is 1. The van der Waals surface area contributed by atoms with Gasteiger partial charge in [0.2, 0.25) is 0 Å². The zero-order valence-electron chi connectivity index (χ0n) is 6.00. The molecule has 0 unspecified atom stereocenters. The van der Waals surface area contributed by atoms with E-state index in [1.54, 1.807) is 0 Å². The van der Waals surface area contributed by atoms with Gasteiger partial charge in [-0.3, -0.25) is 0 Å². The fourth-order valence-electron chi connectivity index (χ4n) is 0.433. The van der Waals surface area contributed by atoms with Crippen LogP contribution in [0, 0.1) is 0 Å². The lowest BCUT2D eigenvalue weighted by Crippen LogP contribution is -2.55. The number of nitrogens with one attached hydrogen (secondary N) is 1. The number of carbonyl (C=O) groups excluding carboxylic acids is 1. The van der Waals surface area contributed by atoms with Crippen LogP contribution in [-0.4, -0.2) is 28.4 Å². The molecule has 0 spiro atoms. The van der Waals surface area contributed by atoms with E-state index in [4.69, 9.17) is 10.8 Å². The van der Waals surface area contributed by atoms with Crippen molar-refractivity contribution in [2.45, 2.75) is 12.5 Å². The van der Waals surface area contributed by atoms with Gasteiger partial charge < -0.3 is 16.2 Å². The third-order valence-corrected chi connectivity index (χ3v) is 1.82. The van der Waals surface area contributed by atoms with Gasteiger partial charge in [-0.05, 0) is 6.92 Å². The maximum absolute atomic E-state index is 10.5. The van der Waals surface area contributed by atoms with Gasteiger partial charge in [-0.1, -0.05) is 0 Å². The van der Waals surface area contributed by atoms with E-state index in [0.29, 0.717) is 0 Å². The molecule has 1 atom stereocenters. The Hall–Kier alpha value is -0.910. The lowest BCUT2D eigenvalue weighted by atomic mass is 10.1. The minimum absolute atomic E-state index is 0.00866. The van der Waals surface area contributed by atoms with Crippen LogP contribution in [0.25, 0.3) is 0 Å². The van der Waals surface area contributed by atoms with Gasteiger partial charge in [-0.15, -0.1) is 0 Å². The average molecular weight is 178 g/mol. The molecule has 0 aromatic carbocycles. The first-order valence-electron chi connectivity index (χ1n) is 2.84. The highest BCUT2D eigenvalue weighted by Crippen LogP contribution is 2.05. The van der Waals surface area contributed by atoms with Gasteiger partial charge in [-0.25, -0.2) is 9.59 Å². The van der Waals surface area contributed by atoms with Crippen LogP contribution in [0.15, 0.2) is 0 Å². The summed E-state index contributed by atoms with van der Waals surface area (Å²) in [7, 11) is 0. The van der Waals surface area contributed by atoms with Crippen molar-refractivity contribution in [2.75, 3.05) is 5.75 Å². The molecule has 0 saturated heterocycles. The van der Waals surface area contributed by atoms with Gasteiger partial charge in [0.15, 0.2) is 0 Å². The molecule has 0 heterocycles. The highest BCUT2D eigenvalue weighted by atomic mass is 32.1. The van der Waals surface area contributed by atoms with Crippen LogP contribution in [0.5, 0.6) is 0 Å². The number of amides is 2. The molecule has 5 nitrogen and oxygen atoms in total. The number of carboxylic acids is 1. The van der Waals surface area contributed by atoms with Crippen molar-refractivity contribution in [1.29, 1.82) is 0 Å². The summed E-state index contributed by atoms with van der Waals surface area (Å²) in [6.45, 7) is 1.33. The predicted molar refractivity (Wildman–Crippen MR) is 42.6 cm³/mol. The van der Waals surface area contributed by atoms with E-state index in [1.165, 1.54) is 6.92 Å². The predicted octanol–water partition coefficient (Wildman–Crippen LogP) is -0.572. The fourth-order valence-corrected chi connectivity index (χ4v) is 0.647. The number of carboxylic acid groups (broad SMARTS) is 1. The Balaban J connectivity index is 4.34. The maximum Gasteiger partial charge on any atom is 0.330 e. The maximum atomic E-state index is 10.5. The number of hydrogen-bond acceptors (Lipinski definition) is 3. The van der Waals surface area contributed by atoms with E-state index >= 15 is 0 Å². The lowest BCUT2D eigenvalue weighted by Gasteiger charge is -2.22. The Kier molecular flexibility index (Phi) is 3.18. The van der Waals surface area contributed by atoms with Gasteiger partial charge in [-0.2, -0.15) is 12.6 Å². The smallest absolute Gasteiger partial charge is 0.330 e. The molecule has 0 aromatic heterocycles. The molecule has 0 radical (unpaired) electrons. The van der Waals surface area contributed by atoms with Crippen LogP contribution in [0.2, 0.25) is 0 Å². The van der Waals surface area contributed by atoms with Crippen LogP contribution in [0.4, 0.5) is 4.79 Å². The number of hydrogen-bond donors (Lipinski definition) is 4. The van der Waals surface area contributed by atoms with Gasteiger partial charge in [0.05, 0.1) is 0 Å². The Morgan fingerprint density at radius 1 is 1.73 bits per heavy atom. The summed E-state index contributed by atoms with van der Waals surface area (Å²) in [6, 6.07) is -0.871. The second-order valence-electron chi connectivity index (χ2n) is 2.28. The first-order chi connectivity index (χ1) is 4.92. The molecule has 0 fully saturated rings. The molecule has 0 saturated carbocycles. The summed E-state index contributed by atoms with van der Waals surface area (Å²) in [5.41, 5.74) is 3.36. The second kappa shape index (κ2) is 3.47. The summed E-state index contributed by atoms with van der Waals surface area (Å²) < 4.78 is 0. The van der Waals surface area contributed by atoms with Gasteiger partial charge in [0.25, 0.3) is 0 Å². The zero-order chi connectivity index (χ0) is 9.07. The van der Waals surface area contributed by atoms with Crippen molar-refractivity contribution in [2.24, 2.45) is 5.73 Å². The van der Waals surface area contributed by atoms with Crippen molar-refractivity contribution in [1.82, 2.24) is 5.32 Å². The number of carbonyl (C=O) groups is 2. The molecule has 2 amide bonds. The summed E-state index contributed by atoms with van der Waals surface area (Å²) in [5.74, 6) is -1.17. The summed E-state index contributed by atoms with van der Waals surface area (Å²) in [5, 5.41) is 10.6. The molecule has 11 heavy (non-hydrogen) atoms. The van der Waals surface area contributed by atoms with Crippen molar-refractivity contribution < 1.29 is 14.7 Å². The number of primary amides is 1. The lowest BCUT2D eigenvalue weighted by molar-refractivity contribution is -0.142. The molecular weight excluding hydrogens is 168 g/mol. The van der Waals surface area contributed by atoms with Crippen molar-refractivity contribution in [3.8, 4) is 0 Å². The van der Waals surface area contributed by atoms with E-state index in [-0.39, 0.29) is 5.75 Å². The molecule has 0 aliphatic carbocycles. The SMILES string of the molecule is C[C@@](CS)(NC(N)=O)C(=O)O. The molecule has 6 heteroatoms. The molecule has 0 bridgehead atoms. The minimum Gasteiger partial charge on any atom is -0.479 e. The number of aliphatic carboxylic acids is 1. The van der Waals surface area contributed by atoms with Crippen LogP contribution < -0.4 is 11.1 Å². The van der Waals surface area contributed by atoms with E-state index in [0.717, 1.165) is 0 Å². The highest BCUT2D eigenvalue weighted by molar-refractivity contribution is 7.80. The second-order valence-corrected chi connectivity index (χ2v) is 2.60. The summed E-state index contributed by atoms with van der Waals surface area (Å²) in [4.78, 5) is 20.8. The zero-order valence-corrected chi connectivity index (χ0v) is 6.89. The average Bonchev–Trinajstić information content (AvgIpc) is 1.86. The number of thiol groups is 1. The van der Waals surface area contributed by atoms with Gasteiger partial charge in [0.1, 0.15) is 5.54 Å². The summed E-state index contributed by atoms with van der Waals surface area (Å²) >= 11 is 3.76. The first-order valence-corrected chi connectivity index (χ1v) is 3.47. The van der Waals surface area contributed by atoms with Crippen LogP contribution in [0.1, 0.15) is 6.92 Å². The fraction of sp³-hybridized carbons (Fsp3) is 0.600. The Morgan fingerprint density at radius 3 is 2.27 bits per heavy atom. The van der Waals surface area contributed by atoms with E-state index < -0.39 is 17.5 Å². The Bertz CT molecular complexity index is 185. The van der Waals surface area contributed by atoms with Crippen LogP contribution in [0.3, 0.4) is 0 Å². The largest absolute Gasteiger partial charge is 0.479 e. The molecule has 0 aromatic rings. The Labute approximate surface area is 69.4 Å². The van der Waals surface area contributed by atoms with E-state index in [2.05, 4.69) is 17.9 Å². The molecule has 64 valence electrons. The third-order valence-electron chi connectivity index (χ3n) is 1.19. The van der Waals surface area contributed by atoms with Gasteiger partial charge >= 0.3 is 12.0 Å². The molecule has 0 aliphatic heterocycles.